The van der Waals surface area contributed by atoms with E-state index in [0.29, 0.717) is 10.5 Å². The van der Waals surface area contributed by atoms with Gasteiger partial charge in [0.15, 0.2) is 10.7 Å². The Morgan fingerprint density at radius 3 is 2.50 bits per heavy atom. The maximum Gasteiger partial charge on any atom is 0.248 e. The van der Waals surface area contributed by atoms with E-state index in [-0.39, 0.29) is 59.4 Å². The van der Waals surface area contributed by atoms with Gasteiger partial charge in [-0.25, -0.2) is 21.6 Å². The first-order chi connectivity index (χ1) is 17.1. The van der Waals surface area contributed by atoms with Crippen molar-refractivity contribution in [2.45, 2.75) is 24.7 Å². The third-order valence-electron chi connectivity index (χ3n) is 5.82. The smallest absolute Gasteiger partial charge is 0.248 e. The molecule has 2 aromatic carbocycles. The third kappa shape index (κ3) is 5.55. The Hall–Kier alpha value is -2.96. The molecule has 1 saturated heterocycles. The Bertz CT molecular complexity index is 1430. The molecule has 0 spiro atoms. The van der Waals surface area contributed by atoms with Crippen LogP contribution in [0.3, 0.4) is 0 Å². The molecule has 0 aliphatic carbocycles. The molecule has 7 nitrogen and oxygen atoms in total. The Kier molecular flexibility index (Phi) is 7.67. The first-order valence-electron chi connectivity index (χ1n) is 10.9. The molecule has 4 rings (SSSR count). The van der Waals surface area contributed by atoms with E-state index >= 15 is 0 Å². The Morgan fingerprint density at radius 1 is 1.11 bits per heavy atom. The highest BCUT2D eigenvalue weighted by atomic mass is 79.9. The first kappa shape index (κ1) is 26.1. The highest BCUT2D eigenvalue weighted by Gasteiger charge is 2.36. The van der Waals surface area contributed by atoms with Crippen LogP contribution in [-0.4, -0.2) is 36.9 Å². The number of aromatic nitrogens is 1. The van der Waals surface area contributed by atoms with Gasteiger partial charge in [0.2, 0.25) is 15.9 Å². The molecule has 190 valence electrons. The quantitative estimate of drug-likeness (QED) is 0.421. The fraction of sp³-hybridized carbons (Fsp3) is 0.250. The lowest BCUT2D eigenvalue weighted by atomic mass is 9.97. The molecule has 1 N–H and O–H groups in total. The van der Waals surface area contributed by atoms with Crippen molar-refractivity contribution in [3.8, 4) is 0 Å². The highest BCUT2D eigenvalue weighted by molar-refractivity contribution is 9.10. The fourth-order valence-electron chi connectivity index (χ4n) is 3.91. The number of carbonyl (C=O) groups excluding carboxylic acids is 1. The number of rotatable bonds is 6. The van der Waals surface area contributed by atoms with E-state index in [0.717, 1.165) is 6.07 Å². The van der Waals surface area contributed by atoms with Gasteiger partial charge in [-0.15, -0.1) is 0 Å². The van der Waals surface area contributed by atoms with E-state index in [2.05, 4.69) is 26.4 Å². The number of hydrogen-bond acceptors (Lipinski definition) is 5. The first-order valence-corrected chi connectivity index (χ1v) is 13.1. The monoisotopic (exact) mass is 583 g/mol. The predicted molar refractivity (Wildman–Crippen MR) is 131 cm³/mol. The van der Waals surface area contributed by atoms with Gasteiger partial charge in [0.25, 0.3) is 0 Å². The molecule has 1 aliphatic heterocycles. The fourth-order valence-corrected chi connectivity index (χ4v) is 5.97. The summed E-state index contributed by atoms with van der Waals surface area (Å²) in [5.74, 6) is -3.11. The average molecular weight is 584 g/mol. The molecule has 0 unspecified atom stereocenters. The topological polar surface area (TPSA) is 92.5 Å². The Balaban J connectivity index is 1.46. The second-order valence-corrected chi connectivity index (χ2v) is 11.0. The lowest BCUT2D eigenvalue weighted by molar-refractivity contribution is -0.120. The van der Waals surface area contributed by atoms with E-state index in [9.17, 15) is 26.4 Å². The summed E-state index contributed by atoms with van der Waals surface area (Å²) in [4.78, 5) is 12.5. The maximum absolute atomic E-state index is 14.0. The van der Waals surface area contributed by atoms with Crippen LogP contribution in [0.5, 0.6) is 0 Å². The zero-order valence-corrected chi connectivity index (χ0v) is 21.4. The molecule has 1 fully saturated rings. The summed E-state index contributed by atoms with van der Waals surface area (Å²) in [6.45, 7) is 1.59. The van der Waals surface area contributed by atoms with E-state index in [4.69, 9.17) is 4.52 Å². The van der Waals surface area contributed by atoms with Crippen LogP contribution >= 0.6 is 15.9 Å². The third-order valence-corrected chi connectivity index (χ3v) is 8.37. The van der Waals surface area contributed by atoms with E-state index < -0.39 is 33.4 Å². The zero-order chi connectivity index (χ0) is 26.0. The van der Waals surface area contributed by atoms with Crippen molar-refractivity contribution in [2.75, 3.05) is 18.4 Å². The molecule has 0 bridgehead atoms. The van der Waals surface area contributed by atoms with Crippen LogP contribution in [0.1, 0.15) is 29.9 Å². The Labute approximate surface area is 214 Å². The molecular formula is C24H21BrF3N3O4S. The van der Waals surface area contributed by atoms with Gasteiger partial charge in [0, 0.05) is 35.1 Å². The van der Waals surface area contributed by atoms with Gasteiger partial charge in [-0.05, 0) is 62.2 Å². The van der Waals surface area contributed by atoms with Crippen molar-refractivity contribution in [2.24, 2.45) is 5.92 Å². The molecule has 0 atom stereocenters. The van der Waals surface area contributed by atoms with Crippen molar-refractivity contribution in [3.63, 3.8) is 0 Å². The van der Waals surface area contributed by atoms with Crippen molar-refractivity contribution in [1.29, 1.82) is 0 Å². The highest BCUT2D eigenvalue weighted by Crippen LogP contribution is 2.30. The van der Waals surface area contributed by atoms with Gasteiger partial charge in [-0.3, -0.25) is 4.79 Å². The SMILES string of the molecule is Cc1noc(/C=C/c2ccc(F)cc2F)c1S(=O)(=O)N1CCC(C(=O)Nc2ccc(Br)cc2F)CC1. The maximum atomic E-state index is 14.0. The standard InChI is InChI=1S/C24H21BrF3N3O4S/c1-14-23(22(35-30-14)7-3-15-2-5-18(26)13-19(15)27)36(33,34)31-10-8-16(9-11-31)24(32)29-21-6-4-17(25)12-20(21)28/h2-7,12-13,16H,8-11H2,1H3,(H,29,32)/b7-3+. The van der Waals surface area contributed by atoms with Gasteiger partial charge in [-0.2, -0.15) is 4.31 Å². The second kappa shape index (κ2) is 10.6. The summed E-state index contributed by atoms with van der Waals surface area (Å²) in [6, 6.07) is 7.30. The number of nitrogens with one attached hydrogen (secondary N) is 1. The number of carbonyl (C=O) groups is 1. The molecule has 0 saturated carbocycles. The summed E-state index contributed by atoms with van der Waals surface area (Å²) < 4.78 is 74.8. The number of halogens is 4. The molecular weight excluding hydrogens is 563 g/mol. The van der Waals surface area contributed by atoms with E-state index in [1.807, 2.05) is 0 Å². The van der Waals surface area contributed by atoms with Gasteiger partial charge >= 0.3 is 0 Å². The van der Waals surface area contributed by atoms with Crippen molar-refractivity contribution in [3.05, 3.63) is 75.3 Å². The number of nitrogens with zero attached hydrogens (tertiary/aromatic N) is 2. The molecule has 1 aliphatic rings. The largest absolute Gasteiger partial charge is 0.355 e. The van der Waals surface area contributed by atoms with Gasteiger partial charge in [-0.1, -0.05) is 21.1 Å². The second-order valence-electron chi connectivity index (χ2n) is 8.25. The van der Waals surface area contributed by atoms with Crippen LogP contribution in [0.2, 0.25) is 0 Å². The van der Waals surface area contributed by atoms with Crippen LogP contribution < -0.4 is 5.32 Å². The minimum absolute atomic E-state index is 0.0443. The van der Waals surface area contributed by atoms with E-state index in [1.54, 1.807) is 6.07 Å². The number of amides is 1. The van der Waals surface area contributed by atoms with Crippen molar-refractivity contribution >= 4 is 49.7 Å². The summed E-state index contributed by atoms with van der Waals surface area (Å²) in [5, 5.41) is 6.30. The van der Waals surface area contributed by atoms with Crippen LogP contribution in [0.15, 0.2) is 50.3 Å². The lowest BCUT2D eigenvalue weighted by Gasteiger charge is -2.30. The van der Waals surface area contributed by atoms with Crippen LogP contribution in [0, 0.1) is 30.3 Å². The number of aryl methyl sites for hydroxylation is 1. The minimum atomic E-state index is -4.05. The number of anilines is 1. The Morgan fingerprint density at radius 2 is 1.83 bits per heavy atom. The molecule has 0 radical (unpaired) electrons. The van der Waals surface area contributed by atoms with Gasteiger partial charge in [0.05, 0.1) is 5.69 Å². The predicted octanol–water partition coefficient (Wildman–Crippen LogP) is 5.37. The zero-order valence-electron chi connectivity index (χ0n) is 19.0. The summed E-state index contributed by atoms with van der Waals surface area (Å²) in [7, 11) is -4.05. The van der Waals surface area contributed by atoms with Gasteiger partial charge in [0.1, 0.15) is 23.1 Å². The molecule has 12 heteroatoms. The van der Waals surface area contributed by atoms with Crippen LogP contribution in [-0.2, 0) is 14.8 Å². The molecule has 1 aromatic heterocycles. The van der Waals surface area contributed by atoms with Gasteiger partial charge < -0.3 is 9.84 Å². The number of benzene rings is 2. The molecule has 1 amide bonds. The number of sulfonamides is 1. The number of hydrogen-bond donors (Lipinski definition) is 1. The molecule has 36 heavy (non-hydrogen) atoms. The molecule has 3 aromatic rings. The van der Waals surface area contributed by atoms with Crippen LogP contribution in [0.4, 0.5) is 18.9 Å². The summed E-state index contributed by atoms with van der Waals surface area (Å²) >= 11 is 3.16. The van der Waals surface area contributed by atoms with Crippen molar-refractivity contribution in [1.82, 2.24) is 9.46 Å². The number of piperidine rings is 1. The average Bonchev–Trinajstić information content (AvgIpc) is 3.21. The van der Waals surface area contributed by atoms with Crippen LogP contribution in [0.25, 0.3) is 12.2 Å². The summed E-state index contributed by atoms with van der Waals surface area (Å²) in [5.41, 5.74) is 0.218. The van der Waals surface area contributed by atoms with E-state index in [1.165, 1.54) is 41.6 Å². The van der Waals surface area contributed by atoms with Crippen molar-refractivity contribution < 1.29 is 30.9 Å². The summed E-state index contributed by atoms with van der Waals surface area (Å²) in [6.07, 6.45) is 3.00. The minimum Gasteiger partial charge on any atom is -0.355 e. The lowest BCUT2D eigenvalue weighted by Crippen LogP contribution is -2.41. The normalized spacial score (nSPS) is 15.5. The molecule has 2 heterocycles.